The molecule has 0 bridgehead atoms. The van der Waals surface area contributed by atoms with Crippen LogP contribution in [0.2, 0.25) is 0 Å². The van der Waals surface area contributed by atoms with Crippen LogP contribution < -0.4 is 10.6 Å². The van der Waals surface area contributed by atoms with Crippen molar-refractivity contribution in [2.75, 3.05) is 26.2 Å². The van der Waals surface area contributed by atoms with Crippen LogP contribution in [0.1, 0.15) is 16.7 Å². The van der Waals surface area contributed by atoms with Crippen LogP contribution in [0, 0.1) is 11.3 Å². The molecule has 9 heteroatoms. The lowest BCUT2D eigenvalue weighted by atomic mass is 10.0. The third kappa shape index (κ3) is 5.01. The van der Waals surface area contributed by atoms with Crippen LogP contribution in [0.15, 0.2) is 18.2 Å². The lowest BCUT2D eigenvalue weighted by molar-refractivity contribution is -0.138. The number of alkyl halides is 3. The van der Waals surface area contributed by atoms with Crippen molar-refractivity contribution < 1.29 is 18.0 Å². The van der Waals surface area contributed by atoms with E-state index in [0.29, 0.717) is 26.2 Å². The molecular formula is C14H16ClF3N4O. The predicted octanol–water partition coefficient (Wildman–Crippen LogP) is 2.11. The van der Waals surface area contributed by atoms with E-state index in [0.717, 1.165) is 6.07 Å². The summed E-state index contributed by atoms with van der Waals surface area (Å²) in [4.78, 5) is 13.5. The highest BCUT2D eigenvalue weighted by atomic mass is 35.5. The zero-order valence-electron chi connectivity index (χ0n) is 12.1. The second-order valence-electron chi connectivity index (χ2n) is 4.88. The molecule has 1 aliphatic rings. The molecule has 5 nitrogen and oxygen atoms in total. The fourth-order valence-electron chi connectivity index (χ4n) is 2.21. The Labute approximate surface area is 137 Å². The van der Waals surface area contributed by atoms with Crippen LogP contribution in [0.5, 0.6) is 0 Å². The maximum Gasteiger partial charge on any atom is 0.416 e. The number of hydrogen-bond acceptors (Lipinski definition) is 3. The summed E-state index contributed by atoms with van der Waals surface area (Å²) in [6, 6.07) is 4.62. The SMILES string of the molecule is Cl.N#Cc1ccc(CNC(=O)N2CCNCC2)c(C(F)(F)F)c1. The van der Waals surface area contributed by atoms with Gasteiger partial charge in [-0.1, -0.05) is 6.07 Å². The van der Waals surface area contributed by atoms with Gasteiger partial charge in [0.15, 0.2) is 0 Å². The second kappa shape index (κ2) is 8.04. The molecule has 1 fully saturated rings. The molecule has 2 amide bonds. The summed E-state index contributed by atoms with van der Waals surface area (Å²) in [5.41, 5.74) is -1.02. The Morgan fingerprint density at radius 2 is 2.00 bits per heavy atom. The van der Waals surface area contributed by atoms with Crippen molar-refractivity contribution in [2.24, 2.45) is 0 Å². The van der Waals surface area contributed by atoms with E-state index in [2.05, 4.69) is 10.6 Å². The Kier molecular flexibility index (Phi) is 6.66. The van der Waals surface area contributed by atoms with E-state index in [1.165, 1.54) is 12.1 Å². The van der Waals surface area contributed by atoms with Crippen LogP contribution in [0.25, 0.3) is 0 Å². The lowest BCUT2D eigenvalue weighted by Crippen LogP contribution is -2.50. The molecule has 0 aliphatic carbocycles. The summed E-state index contributed by atoms with van der Waals surface area (Å²) in [5, 5.41) is 14.3. The third-order valence-corrected chi connectivity index (χ3v) is 3.38. The van der Waals surface area contributed by atoms with Gasteiger partial charge >= 0.3 is 12.2 Å². The number of carbonyl (C=O) groups is 1. The highest BCUT2D eigenvalue weighted by Gasteiger charge is 2.33. The molecule has 1 saturated heterocycles. The largest absolute Gasteiger partial charge is 0.416 e. The number of urea groups is 1. The monoisotopic (exact) mass is 348 g/mol. The fraction of sp³-hybridized carbons (Fsp3) is 0.429. The number of halogens is 4. The molecule has 0 unspecified atom stereocenters. The molecular weight excluding hydrogens is 333 g/mol. The zero-order chi connectivity index (χ0) is 16.2. The number of hydrogen-bond donors (Lipinski definition) is 2. The summed E-state index contributed by atoms with van der Waals surface area (Å²) in [7, 11) is 0. The highest BCUT2D eigenvalue weighted by Crippen LogP contribution is 2.32. The Morgan fingerprint density at radius 3 is 2.57 bits per heavy atom. The predicted molar refractivity (Wildman–Crippen MR) is 80.1 cm³/mol. The van der Waals surface area contributed by atoms with Gasteiger partial charge in [0.2, 0.25) is 0 Å². The van der Waals surface area contributed by atoms with Crippen molar-refractivity contribution in [3.8, 4) is 6.07 Å². The van der Waals surface area contributed by atoms with Gasteiger partial charge in [-0.3, -0.25) is 0 Å². The summed E-state index contributed by atoms with van der Waals surface area (Å²) in [5.74, 6) is 0. The number of carbonyl (C=O) groups excluding carboxylic acids is 1. The Balaban J connectivity index is 0.00000264. The van der Waals surface area contributed by atoms with Crippen molar-refractivity contribution >= 4 is 18.4 Å². The van der Waals surface area contributed by atoms with E-state index < -0.39 is 11.7 Å². The molecule has 1 aromatic rings. The molecule has 2 N–H and O–H groups in total. The summed E-state index contributed by atoms with van der Waals surface area (Å²) >= 11 is 0. The fourth-order valence-corrected chi connectivity index (χ4v) is 2.21. The molecule has 23 heavy (non-hydrogen) atoms. The summed E-state index contributed by atoms with van der Waals surface area (Å²) in [6.45, 7) is 2.14. The van der Waals surface area contributed by atoms with Gasteiger partial charge in [-0.25, -0.2) is 4.79 Å². The van der Waals surface area contributed by atoms with E-state index in [-0.39, 0.29) is 36.1 Å². The molecule has 0 saturated carbocycles. The van der Waals surface area contributed by atoms with Crippen LogP contribution in [0.3, 0.4) is 0 Å². The number of nitrogens with one attached hydrogen (secondary N) is 2. The van der Waals surface area contributed by atoms with Crippen molar-refractivity contribution in [3.63, 3.8) is 0 Å². The number of piperazine rings is 1. The first-order valence-corrected chi connectivity index (χ1v) is 6.75. The van der Waals surface area contributed by atoms with E-state index in [4.69, 9.17) is 5.26 Å². The van der Waals surface area contributed by atoms with Gasteiger partial charge in [0.1, 0.15) is 0 Å². The minimum atomic E-state index is -4.57. The number of nitriles is 1. The Morgan fingerprint density at radius 1 is 1.35 bits per heavy atom. The molecule has 0 spiro atoms. The van der Waals surface area contributed by atoms with Crippen molar-refractivity contribution in [1.82, 2.24) is 15.5 Å². The molecule has 2 rings (SSSR count). The Bertz CT molecular complexity index is 595. The third-order valence-electron chi connectivity index (χ3n) is 3.38. The van der Waals surface area contributed by atoms with E-state index in [9.17, 15) is 18.0 Å². The zero-order valence-corrected chi connectivity index (χ0v) is 12.9. The minimum Gasteiger partial charge on any atom is -0.334 e. The second-order valence-corrected chi connectivity index (χ2v) is 4.88. The van der Waals surface area contributed by atoms with Crippen LogP contribution >= 0.6 is 12.4 Å². The van der Waals surface area contributed by atoms with Crippen LogP contribution in [-0.2, 0) is 12.7 Å². The smallest absolute Gasteiger partial charge is 0.334 e. The first-order chi connectivity index (χ1) is 10.4. The maximum absolute atomic E-state index is 13.0. The molecule has 126 valence electrons. The normalized spacial score (nSPS) is 14.6. The maximum atomic E-state index is 13.0. The molecule has 1 aliphatic heterocycles. The van der Waals surface area contributed by atoms with Crippen LogP contribution in [-0.4, -0.2) is 37.1 Å². The van der Waals surface area contributed by atoms with Gasteiger partial charge in [-0.05, 0) is 17.7 Å². The van der Waals surface area contributed by atoms with E-state index in [1.807, 2.05) is 0 Å². The molecule has 1 heterocycles. The van der Waals surface area contributed by atoms with Crippen molar-refractivity contribution in [3.05, 3.63) is 34.9 Å². The average molecular weight is 349 g/mol. The minimum absolute atomic E-state index is 0. The number of amides is 2. The number of benzene rings is 1. The first kappa shape index (κ1) is 19.1. The van der Waals surface area contributed by atoms with E-state index >= 15 is 0 Å². The topological polar surface area (TPSA) is 68.2 Å². The highest BCUT2D eigenvalue weighted by molar-refractivity contribution is 5.85. The molecule has 0 atom stereocenters. The van der Waals surface area contributed by atoms with E-state index in [1.54, 1.807) is 11.0 Å². The van der Waals surface area contributed by atoms with Gasteiger partial charge in [-0.2, -0.15) is 18.4 Å². The summed E-state index contributed by atoms with van der Waals surface area (Å²) in [6.07, 6.45) is -4.57. The lowest BCUT2D eigenvalue weighted by Gasteiger charge is -2.27. The van der Waals surface area contributed by atoms with Gasteiger partial charge in [0.25, 0.3) is 0 Å². The number of nitrogens with zero attached hydrogens (tertiary/aromatic N) is 2. The van der Waals surface area contributed by atoms with Crippen LogP contribution in [0.4, 0.5) is 18.0 Å². The number of rotatable bonds is 2. The quantitative estimate of drug-likeness (QED) is 0.860. The van der Waals surface area contributed by atoms with Gasteiger partial charge < -0.3 is 15.5 Å². The van der Waals surface area contributed by atoms with Crippen molar-refractivity contribution in [1.29, 1.82) is 5.26 Å². The van der Waals surface area contributed by atoms with Gasteiger partial charge in [0.05, 0.1) is 17.2 Å². The molecule has 0 aromatic heterocycles. The first-order valence-electron chi connectivity index (χ1n) is 6.75. The summed E-state index contributed by atoms with van der Waals surface area (Å²) < 4.78 is 39.0. The van der Waals surface area contributed by atoms with Gasteiger partial charge in [-0.15, -0.1) is 12.4 Å². The molecule has 1 aromatic carbocycles. The molecule has 0 radical (unpaired) electrons. The average Bonchev–Trinajstić information content (AvgIpc) is 2.52. The Hall–Kier alpha value is -1.98. The van der Waals surface area contributed by atoms with Crippen molar-refractivity contribution in [2.45, 2.75) is 12.7 Å². The standard InChI is InChI=1S/C14H15F3N4O.ClH/c15-14(16,17)12-7-10(8-18)1-2-11(12)9-20-13(22)21-5-3-19-4-6-21;/h1-2,7,19H,3-6,9H2,(H,20,22);1H. The van der Waals surface area contributed by atoms with Gasteiger partial charge in [0, 0.05) is 32.7 Å².